The molecule has 2 aliphatic rings. The Labute approximate surface area is 216 Å². The van der Waals surface area contributed by atoms with Gasteiger partial charge in [0.25, 0.3) is 5.91 Å². The molecule has 4 nitrogen and oxygen atoms in total. The van der Waals surface area contributed by atoms with E-state index in [0.717, 1.165) is 37.4 Å². The number of hydrogen-bond donors (Lipinski definition) is 1. The summed E-state index contributed by atoms with van der Waals surface area (Å²) in [6.07, 6.45) is 5.17. The number of carbonyl (C=O) groups is 1. The van der Waals surface area contributed by atoms with Gasteiger partial charge in [-0.3, -0.25) is 4.79 Å². The highest BCUT2D eigenvalue weighted by atomic mass is 16.4. The number of benzene rings is 2. The Morgan fingerprint density at radius 1 is 1.00 bits per heavy atom. The van der Waals surface area contributed by atoms with E-state index in [1.807, 2.05) is 35.2 Å². The van der Waals surface area contributed by atoms with Gasteiger partial charge >= 0.3 is 0 Å². The van der Waals surface area contributed by atoms with E-state index in [1.54, 1.807) is 0 Å². The minimum atomic E-state index is 0.00339. The Kier molecular flexibility index (Phi) is 6.48. The van der Waals surface area contributed by atoms with Crippen LogP contribution in [0.2, 0.25) is 0 Å². The second kappa shape index (κ2) is 9.46. The lowest BCUT2D eigenvalue weighted by Crippen LogP contribution is -2.39. The quantitative estimate of drug-likeness (QED) is 0.401. The monoisotopic (exact) mass is 484 g/mol. The second-order valence-corrected chi connectivity index (χ2v) is 12.1. The summed E-state index contributed by atoms with van der Waals surface area (Å²) in [6, 6.07) is 19.0. The molecular formula is C32H40N2O2. The van der Waals surface area contributed by atoms with E-state index < -0.39 is 0 Å². The molecule has 0 saturated carbocycles. The van der Waals surface area contributed by atoms with E-state index in [4.69, 9.17) is 4.42 Å². The number of furan rings is 1. The molecule has 2 aromatic carbocycles. The predicted octanol–water partition coefficient (Wildman–Crippen LogP) is 7.24. The maximum Gasteiger partial charge on any atom is 0.289 e. The fourth-order valence-electron chi connectivity index (χ4n) is 5.98. The number of fused-ring (bicyclic) bond motifs is 1. The molecule has 0 radical (unpaired) electrons. The molecule has 1 amide bonds. The first kappa shape index (κ1) is 24.7. The maximum absolute atomic E-state index is 13.4. The third-order valence-corrected chi connectivity index (χ3v) is 8.50. The molecule has 1 aromatic heterocycles. The Balaban J connectivity index is 1.30. The molecule has 190 valence electrons. The Morgan fingerprint density at radius 2 is 1.69 bits per heavy atom. The van der Waals surface area contributed by atoms with Crippen LogP contribution >= 0.6 is 0 Å². The average molecular weight is 485 g/mol. The first-order chi connectivity index (χ1) is 17.1. The van der Waals surface area contributed by atoms with Crippen LogP contribution in [0.15, 0.2) is 59.0 Å². The molecule has 36 heavy (non-hydrogen) atoms. The highest BCUT2D eigenvalue weighted by molar-refractivity contribution is 5.92. The number of amides is 1. The molecule has 1 N–H and O–H groups in total. The summed E-state index contributed by atoms with van der Waals surface area (Å²) in [4.78, 5) is 15.3. The summed E-state index contributed by atoms with van der Waals surface area (Å²) in [5.74, 6) is 1.31. The van der Waals surface area contributed by atoms with Crippen LogP contribution in [-0.4, -0.2) is 29.9 Å². The molecule has 2 heterocycles. The number of nitrogens with one attached hydrogen (secondary N) is 1. The van der Waals surface area contributed by atoms with Crippen LogP contribution in [-0.2, 0) is 17.3 Å². The van der Waals surface area contributed by atoms with Crippen molar-refractivity contribution in [1.82, 2.24) is 4.90 Å². The van der Waals surface area contributed by atoms with Crippen molar-refractivity contribution < 1.29 is 9.21 Å². The fourth-order valence-corrected chi connectivity index (χ4v) is 5.98. The number of para-hydroxylation sites is 1. The molecule has 5 rings (SSSR count). The number of nitrogens with zero attached hydrogens (tertiary/aromatic N) is 1. The third kappa shape index (κ3) is 4.83. The van der Waals surface area contributed by atoms with Crippen LogP contribution in [0.3, 0.4) is 0 Å². The number of aryl methyl sites for hydroxylation is 1. The smallest absolute Gasteiger partial charge is 0.289 e. The van der Waals surface area contributed by atoms with Crippen molar-refractivity contribution in [3.05, 3.63) is 88.4 Å². The van der Waals surface area contributed by atoms with Crippen molar-refractivity contribution in [3.8, 4) is 0 Å². The van der Waals surface area contributed by atoms with Gasteiger partial charge in [0.1, 0.15) is 5.76 Å². The maximum atomic E-state index is 13.4. The van der Waals surface area contributed by atoms with E-state index >= 15 is 0 Å². The zero-order chi connectivity index (χ0) is 25.5. The molecule has 1 aliphatic heterocycles. The van der Waals surface area contributed by atoms with Crippen molar-refractivity contribution in [3.63, 3.8) is 0 Å². The zero-order valence-electron chi connectivity index (χ0n) is 22.5. The number of likely N-dealkylation sites (tertiary alicyclic amines) is 1. The molecule has 0 spiro atoms. The summed E-state index contributed by atoms with van der Waals surface area (Å²) in [7, 11) is 0. The Bertz CT molecular complexity index is 1240. The molecule has 1 aliphatic carbocycles. The number of hydrogen-bond acceptors (Lipinski definition) is 3. The van der Waals surface area contributed by atoms with Gasteiger partial charge in [-0.25, -0.2) is 0 Å². The Morgan fingerprint density at radius 3 is 2.42 bits per heavy atom. The van der Waals surface area contributed by atoms with Crippen molar-refractivity contribution in [2.45, 2.75) is 83.6 Å². The summed E-state index contributed by atoms with van der Waals surface area (Å²) in [5.41, 5.74) is 7.02. The second-order valence-electron chi connectivity index (χ2n) is 12.1. The average Bonchev–Trinajstić information content (AvgIpc) is 3.52. The standard InChI is InChI=1S/C32H40N2O2/c1-22-18-27-28(32(4,5)16-15-31(27,2)3)20-23(22)19-26-13-14-29(36-26)30(35)34-17-9-12-25(34)21-33-24-10-7-6-8-11-24/h6-8,10-11,13-14,18,20,25,33H,9,12,15-17,19,21H2,1-5H3. The van der Waals surface area contributed by atoms with Gasteiger partial charge < -0.3 is 14.6 Å². The van der Waals surface area contributed by atoms with Crippen LogP contribution in [0.5, 0.6) is 0 Å². The van der Waals surface area contributed by atoms with Crippen LogP contribution in [0.4, 0.5) is 5.69 Å². The van der Waals surface area contributed by atoms with E-state index in [2.05, 4.69) is 64.2 Å². The third-order valence-electron chi connectivity index (χ3n) is 8.50. The first-order valence-electron chi connectivity index (χ1n) is 13.5. The number of anilines is 1. The molecular weight excluding hydrogens is 444 g/mol. The highest BCUT2D eigenvalue weighted by Gasteiger charge is 2.37. The van der Waals surface area contributed by atoms with E-state index in [-0.39, 0.29) is 22.8 Å². The van der Waals surface area contributed by atoms with E-state index in [1.165, 1.54) is 35.1 Å². The lowest BCUT2D eigenvalue weighted by atomic mass is 9.62. The van der Waals surface area contributed by atoms with Crippen molar-refractivity contribution in [1.29, 1.82) is 0 Å². The van der Waals surface area contributed by atoms with Gasteiger partial charge in [-0.1, -0.05) is 58.0 Å². The summed E-state index contributed by atoms with van der Waals surface area (Å²) >= 11 is 0. The van der Waals surface area contributed by atoms with Gasteiger partial charge in [-0.05, 0) is 90.0 Å². The van der Waals surface area contributed by atoms with Crippen molar-refractivity contribution >= 4 is 11.6 Å². The topological polar surface area (TPSA) is 45.5 Å². The largest absolute Gasteiger partial charge is 0.456 e. The molecule has 1 saturated heterocycles. The van der Waals surface area contributed by atoms with Crippen LogP contribution < -0.4 is 5.32 Å². The minimum Gasteiger partial charge on any atom is -0.456 e. The zero-order valence-corrected chi connectivity index (χ0v) is 22.5. The van der Waals surface area contributed by atoms with Crippen LogP contribution in [0, 0.1) is 6.92 Å². The minimum absolute atomic E-state index is 0.00339. The van der Waals surface area contributed by atoms with Gasteiger partial charge in [-0.2, -0.15) is 0 Å². The lowest BCUT2D eigenvalue weighted by Gasteiger charge is -2.42. The Hall–Kier alpha value is -3.01. The normalized spacial score (nSPS) is 20.2. The van der Waals surface area contributed by atoms with Gasteiger partial charge in [0.15, 0.2) is 5.76 Å². The van der Waals surface area contributed by atoms with Gasteiger partial charge in [0.2, 0.25) is 0 Å². The van der Waals surface area contributed by atoms with E-state index in [0.29, 0.717) is 12.2 Å². The summed E-state index contributed by atoms with van der Waals surface area (Å²) in [6.45, 7) is 13.2. The molecule has 1 atom stereocenters. The predicted molar refractivity (Wildman–Crippen MR) is 147 cm³/mol. The molecule has 1 unspecified atom stereocenters. The molecule has 4 heteroatoms. The van der Waals surface area contributed by atoms with E-state index in [9.17, 15) is 4.79 Å². The molecule has 0 bridgehead atoms. The highest BCUT2D eigenvalue weighted by Crippen LogP contribution is 2.46. The van der Waals surface area contributed by atoms with Crippen LogP contribution in [0.25, 0.3) is 0 Å². The number of carbonyl (C=O) groups excluding carboxylic acids is 1. The van der Waals surface area contributed by atoms with Gasteiger partial charge in [-0.15, -0.1) is 0 Å². The SMILES string of the molecule is Cc1cc2c(cc1Cc1ccc(C(=O)N3CCCC3CNc3ccccc3)o1)C(C)(C)CCC2(C)C. The molecule has 1 fully saturated rings. The fraction of sp³-hybridized carbons (Fsp3) is 0.469. The first-order valence-corrected chi connectivity index (χ1v) is 13.5. The lowest BCUT2D eigenvalue weighted by molar-refractivity contribution is 0.0710. The van der Waals surface area contributed by atoms with Gasteiger partial charge in [0.05, 0.1) is 0 Å². The van der Waals surface area contributed by atoms with Crippen molar-refractivity contribution in [2.24, 2.45) is 0 Å². The molecule has 3 aromatic rings. The summed E-state index contributed by atoms with van der Waals surface area (Å²) in [5, 5.41) is 3.48. The van der Waals surface area contributed by atoms with Gasteiger partial charge in [0, 0.05) is 31.2 Å². The number of rotatable bonds is 6. The summed E-state index contributed by atoms with van der Waals surface area (Å²) < 4.78 is 6.15. The van der Waals surface area contributed by atoms with Crippen LogP contribution in [0.1, 0.15) is 91.9 Å². The van der Waals surface area contributed by atoms with Crippen molar-refractivity contribution in [2.75, 3.05) is 18.4 Å².